The first-order valence-corrected chi connectivity index (χ1v) is 3.91. The van der Waals surface area contributed by atoms with Crippen molar-refractivity contribution >= 4 is 39.3 Å². The molecule has 78 valence electrons. The predicted molar refractivity (Wildman–Crippen MR) is 57.1 cm³/mol. The van der Waals surface area contributed by atoms with Crippen molar-refractivity contribution in [1.29, 1.82) is 0 Å². The number of aliphatic carboxylic acids is 1. The van der Waals surface area contributed by atoms with Gasteiger partial charge in [0.25, 0.3) is 0 Å². The number of methoxy groups -OCH3 is 1. The van der Waals surface area contributed by atoms with Crippen LogP contribution in [0.25, 0.3) is 6.08 Å². The Morgan fingerprint density at radius 2 is 2.13 bits per heavy atom. The van der Waals surface area contributed by atoms with E-state index in [1.54, 1.807) is 12.1 Å². The summed E-state index contributed by atoms with van der Waals surface area (Å²) >= 11 is 0. The zero-order valence-electron chi connectivity index (χ0n) is 8.10. The molecule has 0 bridgehead atoms. The Labute approximate surface area is 107 Å². The van der Waals surface area contributed by atoms with Gasteiger partial charge in [0.05, 0.1) is 7.11 Å². The SMILES string of the molecule is COc1cc(C=CC(=O)O)ccc1O.[Pb]. The molecule has 15 heavy (non-hydrogen) atoms. The minimum atomic E-state index is -1.02. The van der Waals surface area contributed by atoms with Gasteiger partial charge in [0, 0.05) is 33.4 Å². The second-order valence-corrected chi connectivity index (χ2v) is 2.60. The molecular weight excluding hydrogens is 391 g/mol. The molecule has 0 saturated carbocycles. The minimum Gasteiger partial charge on any atom is -0.504 e. The molecule has 1 aromatic rings. The number of phenolic OH excluding ortho intramolecular Hbond substituents is 1. The number of aromatic hydroxyl groups is 1. The second-order valence-electron chi connectivity index (χ2n) is 2.60. The van der Waals surface area contributed by atoms with Gasteiger partial charge in [-0.05, 0) is 23.8 Å². The predicted octanol–water partition coefficient (Wildman–Crippen LogP) is 1.12. The third-order valence-electron chi connectivity index (χ3n) is 1.62. The van der Waals surface area contributed by atoms with Crippen molar-refractivity contribution in [3.63, 3.8) is 0 Å². The molecule has 0 unspecified atom stereocenters. The molecule has 1 rings (SSSR count). The van der Waals surface area contributed by atoms with Gasteiger partial charge in [0.1, 0.15) is 0 Å². The summed E-state index contributed by atoms with van der Waals surface area (Å²) in [7, 11) is 1.43. The zero-order valence-corrected chi connectivity index (χ0v) is 12.0. The fourth-order valence-electron chi connectivity index (χ4n) is 0.965. The quantitative estimate of drug-likeness (QED) is 0.589. The van der Waals surface area contributed by atoms with Crippen LogP contribution in [0.4, 0.5) is 0 Å². The number of phenols is 1. The molecule has 0 fully saturated rings. The maximum Gasteiger partial charge on any atom is 0.328 e. The molecule has 5 heteroatoms. The fourth-order valence-corrected chi connectivity index (χ4v) is 0.965. The number of hydrogen-bond donors (Lipinski definition) is 2. The van der Waals surface area contributed by atoms with E-state index in [9.17, 15) is 9.90 Å². The van der Waals surface area contributed by atoms with Crippen molar-refractivity contribution in [3.05, 3.63) is 29.8 Å². The van der Waals surface area contributed by atoms with Crippen molar-refractivity contribution in [3.8, 4) is 11.5 Å². The van der Waals surface area contributed by atoms with Crippen molar-refractivity contribution in [2.75, 3.05) is 7.11 Å². The van der Waals surface area contributed by atoms with Gasteiger partial charge >= 0.3 is 5.97 Å². The van der Waals surface area contributed by atoms with Crippen LogP contribution in [0, 0.1) is 0 Å². The molecule has 0 aromatic heterocycles. The van der Waals surface area contributed by atoms with E-state index in [-0.39, 0.29) is 33.0 Å². The van der Waals surface area contributed by atoms with Crippen molar-refractivity contribution in [2.24, 2.45) is 0 Å². The summed E-state index contributed by atoms with van der Waals surface area (Å²) in [6.45, 7) is 0. The van der Waals surface area contributed by atoms with Gasteiger partial charge < -0.3 is 14.9 Å². The van der Waals surface area contributed by atoms with Crippen LogP contribution in [-0.4, -0.2) is 50.6 Å². The van der Waals surface area contributed by atoms with Gasteiger partial charge in [-0.3, -0.25) is 0 Å². The van der Waals surface area contributed by atoms with Crippen LogP contribution in [0.2, 0.25) is 0 Å². The van der Waals surface area contributed by atoms with Gasteiger partial charge in [-0.1, -0.05) is 6.07 Å². The van der Waals surface area contributed by atoms with Crippen LogP contribution in [0.5, 0.6) is 11.5 Å². The molecule has 0 heterocycles. The van der Waals surface area contributed by atoms with Gasteiger partial charge in [-0.15, -0.1) is 0 Å². The first kappa shape index (κ1) is 14.0. The summed E-state index contributed by atoms with van der Waals surface area (Å²) in [6.07, 6.45) is 2.44. The third kappa shape index (κ3) is 4.33. The standard InChI is InChI=1S/C10H10O4.Pb/c1-14-9-6-7(2-4-8(9)11)3-5-10(12)13;/h2-6,11H,1H3,(H,12,13);. The average Bonchev–Trinajstić information content (AvgIpc) is 2.16. The van der Waals surface area contributed by atoms with E-state index in [0.29, 0.717) is 11.3 Å². The van der Waals surface area contributed by atoms with E-state index in [4.69, 9.17) is 9.84 Å². The Balaban J connectivity index is 0.00000196. The number of carboxylic acids is 1. The van der Waals surface area contributed by atoms with Crippen LogP contribution in [0.1, 0.15) is 5.56 Å². The molecule has 0 atom stereocenters. The summed E-state index contributed by atoms with van der Waals surface area (Å²) in [4.78, 5) is 10.2. The maximum atomic E-state index is 10.2. The molecule has 0 amide bonds. The average molecular weight is 401 g/mol. The van der Waals surface area contributed by atoms with Crippen LogP contribution < -0.4 is 4.74 Å². The number of carbonyl (C=O) groups is 1. The van der Waals surface area contributed by atoms with Crippen LogP contribution in [0.15, 0.2) is 24.3 Å². The molecule has 0 aliphatic carbocycles. The monoisotopic (exact) mass is 402 g/mol. The fraction of sp³-hybridized carbons (Fsp3) is 0.100. The summed E-state index contributed by atoms with van der Waals surface area (Å²) in [6, 6.07) is 4.59. The van der Waals surface area contributed by atoms with Crippen LogP contribution in [-0.2, 0) is 4.79 Å². The van der Waals surface area contributed by atoms with Gasteiger partial charge in [0.15, 0.2) is 11.5 Å². The molecule has 4 radical (unpaired) electrons. The summed E-state index contributed by atoms with van der Waals surface area (Å²) in [5.41, 5.74) is 0.655. The molecule has 4 nitrogen and oxygen atoms in total. The van der Waals surface area contributed by atoms with E-state index in [1.807, 2.05) is 0 Å². The normalized spacial score (nSPS) is 9.67. The Morgan fingerprint density at radius 3 is 2.67 bits per heavy atom. The topological polar surface area (TPSA) is 66.8 Å². The molecular formula is C10H10O4Pb. The molecule has 0 saturated heterocycles. The van der Waals surface area contributed by atoms with Crippen molar-refractivity contribution in [1.82, 2.24) is 0 Å². The van der Waals surface area contributed by atoms with E-state index >= 15 is 0 Å². The number of carboxylic acid groups (broad SMARTS) is 1. The maximum absolute atomic E-state index is 10.2. The number of benzene rings is 1. The largest absolute Gasteiger partial charge is 0.504 e. The van der Waals surface area contributed by atoms with E-state index < -0.39 is 5.97 Å². The Kier molecular flexibility index (Phi) is 5.99. The van der Waals surface area contributed by atoms with Crippen molar-refractivity contribution in [2.45, 2.75) is 0 Å². The van der Waals surface area contributed by atoms with Gasteiger partial charge in [0.2, 0.25) is 0 Å². The molecule has 2 N–H and O–H groups in total. The van der Waals surface area contributed by atoms with E-state index in [1.165, 1.54) is 19.3 Å². The Hall–Kier alpha value is -1.05. The van der Waals surface area contributed by atoms with Crippen molar-refractivity contribution < 1.29 is 19.7 Å². The second kappa shape index (κ2) is 6.44. The summed E-state index contributed by atoms with van der Waals surface area (Å²) in [5.74, 6) is -0.672. The molecule has 1 aromatic carbocycles. The van der Waals surface area contributed by atoms with E-state index in [2.05, 4.69) is 0 Å². The zero-order chi connectivity index (χ0) is 10.6. The van der Waals surface area contributed by atoms with Gasteiger partial charge in [-0.25, -0.2) is 4.79 Å². The molecule has 0 aliphatic rings. The first-order chi connectivity index (χ1) is 6.63. The van der Waals surface area contributed by atoms with E-state index in [0.717, 1.165) is 6.08 Å². The Bertz CT molecular complexity index is 374. The van der Waals surface area contributed by atoms with Crippen LogP contribution in [0.3, 0.4) is 0 Å². The number of rotatable bonds is 3. The minimum absolute atomic E-state index is 0. The third-order valence-corrected chi connectivity index (χ3v) is 1.62. The number of hydrogen-bond acceptors (Lipinski definition) is 3. The Morgan fingerprint density at radius 1 is 1.47 bits per heavy atom. The number of ether oxygens (including phenoxy) is 1. The summed E-state index contributed by atoms with van der Waals surface area (Å²) < 4.78 is 4.86. The first-order valence-electron chi connectivity index (χ1n) is 3.91. The summed E-state index contributed by atoms with van der Waals surface area (Å²) in [5, 5.41) is 17.6. The smallest absolute Gasteiger partial charge is 0.328 e. The van der Waals surface area contributed by atoms with Crippen LogP contribution >= 0.6 is 0 Å². The van der Waals surface area contributed by atoms with Gasteiger partial charge in [-0.2, -0.15) is 0 Å². The molecule has 0 spiro atoms. The molecule has 0 aliphatic heterocycles.